The molecule has 14 heavy (non-hydrogen) atoms. The SMILES string of the molecule is CCN(CCBr)C(=O)C1CCCOC1. The summed E-state index contributed by atoms with van der Waals surface area (Å²) in [6, 6.07) is 0. The van der Waals surface area contributed by atoms with Crippen LogP contribution in [0.15, 0.2) is 0 Å². The van der Waals surface area contributed by atoms with Crippen molar-refractivity contribution >= 4 is 21.8 Å². The van der Waals surface area contributed by atoms with Crippen molar-refractivity contribution in [3.05, 3.63) is 0 Å². The van der Waals surface area contributed by atoms with Gasteiger partial charge in [-0.3, -0.25) is 4.79 Å². The molecule has 1 atom stereocenters. The molecule has 3 nitrogen and oxygen atoms in total. The first-order valence-electron chi connectivity index (χ1n) is 5.22. The smallest absolute Gasteiger partial charge is 0.228 e. The van der Waals surface area contributed by atoms with Gasteiger partial charge in [-0.2, -0.15) is 0 Å². The number of nitrogens with zero attached hydrogens (tertiary/aromatic N) is 1. The lowest BCUT2D eigenvalue weighted by atomic mass is 10.0. The number of hydrogen-bond donors (Lipinski definition) is 0. The third kappa shape index (κ3) is 3.24. The second-order valence-electron chi connectivity index (χ2n) is 3.52. The minimum atomic E-state index is 0.0998. The summed E-state index contributed by atoms with van der Waals surface area (Å²) in [5.74, 6) is 0.356. The lowest BCUT2D eigenvalue weighted by Gasteiger charge is -2.28. The molecular weight excluding hydrogens is 246 g/mol. The largest absolute Gasteiger partial charge is 0.381 e. The molecule has 0 aromatic heterocycles. The Hall–Kier alpha value is -0.0900. The first-order chi connectivity index (χ1) is 6.79. The van der Waals surface area contributed by atoms with E-state index in [0.29, 0.717) is 6.61 Å². The van der Waals surface area contributed by atoms with Crippen LogP contribution in [-0.2, 0) is 9.53 Å². The van der Waals surface area contributed by atoms with Gasteiger partial charge in [-0.25, -0.2) is 0 Å². The van der Waals surface area contributed by atoms with E-state index in [2.05, 4.69) is 15.9 Å². The van der Waals surface area contributed by atoms with Gasteiger partial charge in [0.1, 0.15) is 0 Å². The fourth-order valence-electron chi connectivity index (χ4n) is 1.72. The standard InChI is InChI=1S/C10H18BrNO2/c1-2-12(6-5-11)10(13)9-4-3-7-14-8-9/h9H,2-8H2,1H3. The number of hydrogen-bond acceptors (Lipinski definition) is 2. The van der Waals surface area contributed by atoms with Gasteiger partial charge < -0.3 is 9.64 Å². The molecule has 0 bridgehead atoms. The molecule has 0 aromatic rings. The maximum Gasteiger partial charge on any atom is 0.228 e. The number of carbonyl (C=O) groups excluding carboxylic acids is 1. The van der Waals surface area contributed by atoms with E-state index in [9.17, 15) is 4.79 Å². The Bertz CT molecular complexity index is 174. The predicted molar refractivity (Wildman–Crippen MR) is 59.6 cm³/mol. The van der Waals surface area contributed by atoms with Crippen LogP contribution in [0.4, 0.5) is 0 Å². The molecule has 0 aromatic carbocycles. The van der Waals surface area contributed by atoms with E-state index in [1.165, 1.54) is 0 Å². The summed E-state index contributed by atoms with van der Waals surface area (Å²) in [5.41, 5.74) is 0. The normalized spacial score (nSPS) is 22.0. The second kappa shape index (κ2) is 6.40. The molecule has 1 saturated heterocycles. The maximum absolute atomic E-state index is 11.9. The Morgan fingerprint density at radius 1 is 1.64 bits per heavy atom. The predicted octanol–water partition coefficient (Wildman–Crippen LogP) is 1.66. The summed E-state index contributed by atoms with van der Waals surface area (Å²) in [6.07, 6.45) is 2.00. The van der Waals surface area contributed by atoms with Crippen molar-refractivity contribution in [3.63, 3.8) is 0 Å². The van der Waals surface area contributed by atoms with Crippen LogP contribution in [0.5, 0.6) is 0 Å². The number of alkyl halides is 1. The zero-order chi connectivity index (χ0) is 10.4. The van der Waals surface area contributed by atoms with Crippen molar-refractivity contribution in [1.82, 2.24) is 4.90 Å². The van der Waals surface area contributed by atoms with E-state index in [1.54, 1.807) is 0 Å². The fraction of sp³-hybridized carbons (Fsp3) is 0.900. The van der Waals surface area contributed by atoms with Crippen molar-refractivity contribution in [2.75, 3.05) is 31.6 Å². The summed E-state index contributed by atoms with van der Waals surface area (Å²) in [5, 5.41) is 0.847. The van der Waals surface area contributed by atoms with E-state index in [1.807, 2.05) is 11.8 Å². The molecule has 4 heteroatoms. The van der Waals surface area contributed by atoms with Gasteiger partial charge in [-0.1, -0.05) is 15.9 Å². The lowest BCUT2D eigenvalue weighted by molar-refractivity contribution is -0.139. The zero-order valence-electron chi connectivity index (χ0n) is 8.67. The van der Waals surface area contributed by atoms with Crippen molar-refractivity contribution in [1.29, 1.82) is 0 Å². The van der Waals surface area contributed by atoms with Gasteiger partial charge in [-0.05, 0) is 19.8 Å². The van der Waals surface area contributed by atoms with E-state index >= 15 is 0 Å². The Kier molecular flexibility index (Phi) is 5.48. The van der Waals surface area contributed by atoms with E-state index in [4.69, 9.17) is 4.74 Å². The highest BCUT2D eigenvalue weighted by Gasteiger charge is 2.25. The Morgan fingerprint density at radius 3 is 2.93 bits per heavy atom. The molecule has 0 radical (unpaired) electrons. The van der Waals surface area contributed by atoms with Crippen LogP contribution in [0.2, 0.25) is 0 Å². The Balaban J connectivity index is 2.43. The molecule has 1 aliphatic rings. The Labute approximate surface area is 93.9 Å². The highest BCUT2D eigenvalue weighted by atomic mass is 79.9. The molecule has 1 amide bonds. The monoisotopic (exact) mass is 263 g/mol. The zero-order valence-corrected chi connectivity index (χ0v) is 10.3. The van der Waals surface area contributed by atoms with Crippen LogP contribution < -0.4 is 0 Å². The van der Waals surface area contributed by atoms with Crippen molar-refractivity contribution in [3.8, 4) is 0 Å². The van der Waals surface area contributed by atoms with Crippen LogP contribution in [0, 0.1) is 5.92 Å². The van der Waals surface area contributed by atoms with Gasteiger partial charge in [0.15, 0.2) is 0 Å². The van der Waals surface area contributed by atoms with Gasteiger partial charge in [0.2, 0.25) is 5.91 Å². The molecule has 1 rings (SSSR count). The van der Waals surface area contributed by atoms with Crippen molar-refractivity contribution in [2.24, 2.45) is 5.92 Å². The molecular formula is C10H18BrNO2. The number of rotatable bonds is 4. The van der Waals surface area contributed by atoms with Gasteiger partial charge in [0.25, 0.3) is 0 Å². The van der Waals surface area contributed by atoms with Gasteiger partial charge in [0.05, 0.1) is 12.5 Å². The first-order valence-corrected chi connectivity index (χ1v) is 6.34. The number of carbonyl (C=O) groups is 1. The summed E-state index contributed by atoms with van der Waals surface area (Å²) in [4.78, 5) is 13.8. The van der Waals surface area contributed by atoms with Crippen LogP contribution >= 0.6 is 15.9 Å². The third-order valence-corrected chi connectivity index (χ3v) is 2.91. The summed E-state index contributed by atoms with van der Waals surface area (Å²) >= 11 is 3.36. The average Bonchev–Trinajstić information content (AvgIpc) is 2.26. The Morgan fingerprint density at radius 2 is 2.43 bits per heavy atom. The molecule has 82 valence electrons. The van der Waals surface area contributed by atoms with Crippen LogP contribution in [-0.4, -0.2) is 42.4 Å². The highest BCUT2D eigenvalue weighted by molar-refractivity contribution is 9.09. The molecule has 0 N–H and O–H groups in total. The van der Waals surface area contributed by atoms with E-state index < -0.39 is 0 Å². The molecule has 1 heterocycles. The number of halogens is 1. The quantitative estimate of drug-likeness (QED) is 0.723. The highest BCUT2D eigenvalue weighted by Crippen LogP contribution is 2.16. The van der Waals surface area contributed by atoms with Crippen LogP contribution in [0.25, 0.3) is 0 Å². The van der Waals surface area contributed by atoms with Crippen molar-refractivity contribution < 1.29 is 9.53 Å². The molecule has 1 fully saturated rings. The molecule has 1 aliphatic heterocycles. The maximum atomic E-state index is 11.9. The van der Waals surface area contributed by atoms with Gasteiger partial charge in [-0.15, -0.1) is 0 Å². The minimum Gasteiger partial charge on any atom is -0.381 e. The van der Waals surface area contributed by atoms with E-state index in [-0.39, 0.29) is 11.8 Å². The summed E-state index contributed by atoms with van der Waals surface area (Å²) in [6.45, 7) is 5.03. The van der Waals surface area contributed by atoms with Crippen LogP contribution in [0.1, 0.15) is 19.8 Å². The molecule has 1 unspecified atom stereocenters. The van der Waals surface area contributed by atoms with Crippen molar-refractivity contribution in [2.45, 2.75) is 19.8 Å². The summed E-state index contributed by atoms with van der Waals surface area (Å²) < 4.78 is 5.32. The lowest BCUT2D eigenvalue weighted by Crippen LogP contribution is -2.40. The molecule has 0 saturated carbocycles. The average molecular weight is 264 g/mol. The molecule has 0 spiro atoms. The summed E-state index contributed by atoms with van der Waals surface area (Å²) in [7, 11) is 0. The first kappa shape index (κ1) is 12.0. The molecule has 0 aliphatic carbocycles. The van der Waals surface area contributed by atoms with E-state index in [0.717, 1.165) is 37.9 Å². The van der Waals surface area contributed by atoms with Gasteiger partial charge in [0, 0.05) is 25.0 Å². The van der Waals surface area contributed by atoms with Gasteiger partial charge >= 0.3 is 0 Å². The second-order valence-corrected chi connectivity index (χ2v) is 4.31. The van der Waals surface area contributed by atoms with Crippen LogP contribution in [0.3, 0.4) is 0 Å². The topological polar surface area (TPSA) is 29.5 Å². The number of amides is 1. The number of ether oxygens (including phenoxy) is 1. The minimum absolute atomic E-state index is 0.0998. The third-order valence-electron chi connectivity index (χ3n) is 2.56. The fourth-order valence-corrected chi connectivity index (χ4v) is 2.15.